The molecule has 0 fully saturated rings. The Bertz CT molecular complexity index is 1350. The maximum atomic E-state index is 12.3. The van der Waals surface area contributed by atoms with Crippen molar-refractivity contribution in [3.63, 3.8) is 0 Å². The smallest absolute Gasteiger partial charge is 0.238 e. The minimum Gasteiger partial charge on any atom is -0.354 e. The number of carbonyl (C=O) groups is 3. The third-order valence-corrected chi connectivity index (χ3v) is 7.24. The molecular formula is C22H30N4O7S3. The van der Waals surface area contributed by atoms with Crippen molar-refractivity contribution in [2.45, 2.75) is 31.6 Å². The Labute approximate surface area is 215 Å². The summed E-state index contributed by atoms with van der Waals surface area (Å²) < 4.78 is 46.0. The molecule has 0 aliphatic heterocycles. The Morgan fingerprint density at radius 1 is 1.00 bits per heavy atom. The first-order valence-corrected chi connectivity index (χ1v) is 14.4. The van der Waals surface area contributed by atoms with E-state index in [1.165, 1.54) is 23.5 Å². The summed E-state index contributed by atoms with van der Waals surface area (Å²) in [5, 5.41) is 13.2. The van der Waals surface area contributed by atoms with Crippen LogP contribution >= 0.6 is 11.3 Å². The van der Waals surface area contributed by atoms with Crippen molar-refractivity contribution in [1.82, 2.24) is 10.3 Å². The molecule has 198 valence electrons. The molecule has 1 atom stereocenters. The fourth-order valence-electron chi connectivity index (χ4n) is 2.74. The largest absolute Gasteiger partial charge is 0.354 e. The molecule has 3 rings (SSSR count). The van der Waals surface area contributed by atoms with E-state index in [4.69, 9.17) is 19.9 Å². The second-order valence-corrected chi connectivity index (χ2v) is 11.0. The van der Waals surface area contributed by atoms with E-state index in [1.54, 1.807) is 25.1 Å². The second kappa shape index (κ2) is 15.2. The number of nitrogens with zero attached hydrogens (tertiary/aromatic N) is 1. The average Bonchev–Trinajstić information content (AvgIpc) is 3.29. The highest BCUT2D eigenvalue weighted by Crippen LogP contribution is 2.32. The van der Waals surface area contributed by atoms with Crippen molar-refractivity contribution >= 4 is 61.1 Å². The normalized spacial score (nSPS) is 11.5. The number of nitrogens with one attached hydrogen (secondary N) is 1. The van der Waals surface area contributed by atoms with E-state index in [9.17, 15) is 21.6 Å². The summed E-state index contributed by atoms with van der Waals surface area (Å²) in [6.45, 7) is 9.61. The van der Waals surface area contributed by atoms with Crippen molar-refractivity contribution in [2.24, 2.45) is 10.3 Å². The Morgan fingerprint density at radius 3 is 2.14 bits per heavy atom. The molecule has 0 bridgehead atoms. The third kappa shape index (κ3) is 9.91. The number of fused-ring (bicyclic) bond motifs is 1. The van der Waals surface area contributed by atoms with Crippen molar-refractivity contribution < 1.29 is 31.2 Å². The van der Waals surface area contributed by atoms with Crippen LogP contribution in [0.15, 0.2) is 47.4 Å². The molecule has 1 aromatic heterocycles. The van der Waals surface area contributed by atoms with Crippen LogP contribution in [0.25, 0.3) is 21.3 Å². The van der Waals surface area contributed by atoms with Crippen LogP contribution in [0.3, 0.4) is 0 Å². The number of rotatable bonds is 7. The van der Waals surface area contributed by atoms with E-state index < -0.39 is 26.0 Å². The summed E-state index contributed by atoms with van der Waals surface area (Å²) in [4.78, 5) is 32.8. The van der Waals surface area contributed by atoms with E-state index in [0.717, 1.165) is 10.3 Å². The van der Waals surface area contributed by atoms with Gasteiger partial charge in [0.25, 0.3) is 0 Å². The van der Waals surface area contributed by atoms with Crippen molar-refractivity contribution in [1.29, 1.82) is 0 Å². The molecule has 36 heavy (non-hydrogen) atoms. The van der Waals surface area contributed by atoms with Crippen LogP contribution in [0, 0.1) is 0 Å². The van der Waals surface area contributed by atoms with Crippen molar-refractivity contribution in [3.8, 4) is 11.1 Å². The van der Waals surface area contributed by atoms with Gasteiger partial charge in [0, 0.05) is 6.54 Å². The van der Waals surface area contributed by atoms with Gasteiger partial charge in [-0.2, -0.15) is 0 Å². The highest BCUT2D eigenvalue weighted by atomic mass is 32.2. The lowest BCUT2D eigenvalue weighted by molar-refractivity contribution is -0.122. The number of hydrogen-bond acceptors (Lipinski definition) is 9. The topological polar surface area (TPSA) is 196 Å². The van der Waals surface area contributed by atoms with E-state index in [2.05, 4.69) is 10.3 Å². The molecular weight excluding hydrogens is 528 g/mol. The predicted octanol–water partition coefficient (Wildman–Crippen LogP) is 1.78. The first-order chi connectivity index (χ1) is 16.9. The van der Waals surface area contributed by atoms with E-state index >= 15 is 0 Å². The number of sulfonamides is 2. The fourth-order valence-corrected chi connectivity index (χ4v) is 4.74. The Kier molecular flexibility index (Phi) is 13.9. The van der Waals surface area contributed by atoms with Crippen molar-refractivity contribution in [2.75, 3.05) is 12.3 Å². The number of primary sulfonamides is 2. The summed E-state index contributed by atoms with van der Waals surface area (Å²) in [6, 6.07) is 11.8. The van der Waals surface area contributed by atoms with Crippen LogP contribution < -0.4 is 15.6 Å². The average molecular weight is 559 g/mol. The molecule has 1 amide bonds. The van der Waals surface area contributed by atoms with Gasteiger partial charge in [-0.05, 0) is 42.3 Å². The molecule has 0 aliphatic rings. The molecule has 1 heterocycles. The number of nitrogens with two attached hydrogens (primary N) is 2. The Hall–Kier alpha value is -3.04. The summed E-state index contributed by atoms with van der Waals surface area (Å²) in [5.74, 6) is -1.26. The van der Waals surface area contributed by atoms with Gasteiger partial charge in [-0.3, -0.25) is 4.79 Å². The summed E-state index contributed by atoms with van der Waals surface area (Å²) in [6.07, 6.45) is 0. The monoisotopic (exact) mass is 558 g/mol. The molecule has 0 saturated heterocycles. The summed E-state index contributed by atoms with van der Waals surface area (Å²) in [7, 11) is -7.46. The van der Waals surface area contributed by atoms with Crippen LogP contribution in [0.1, 0.15) is 31.7 Å². The first-order valence-electron chi connectivity index (χ1n) is 10.3. The number of amides is 1. The molecule has 0 spiro atoms. The van der Waals surface area contributed by atoms with Gasteiger partial charge in [0.05, 0.1) is 26.8 Å². The van der Waals surface area contributed by atoms with E-state index in [0.29, 0.717) is 16.1 Å². The molecule has 3 aromatic rings. The minimum atomic E-state index is -3.81. The van der Waals surface area contributed by atoms with Crippen molar-refractivity contribution in [3.05, 3.63) is 47.5 Å². The van der Waals surface area contributed by atoms with Gasteiger partial charge >= 0.3 is 0 Å². The van der Waals surface area contributed by atoms with Crippen LogP contribution in [0.4, 0.5) is 0 Å². The molecule has 0 radical (unpaired) electrons. The SMILES string of the molecule is C=O.C=O.CC.CC(C(=O)NCCS(N)(=O)=O)c1nc2ccc(-c3cccc(S(N)(=O)=O)c3)cc2s1. The Balaban J connectivity index is 0.00000190. The van der Waals surface area contributed by atoms with Crippen LogP contribution in [0.5, 0.6) is 0 Å². The van der Waals surface area contributed by atoms with Crippen LogP contribution in [-0.4, -0.2) is 53.6 Å². The predicted molar refractivity (Wildman–Crippen MR) is 141 cm³/mol. The standard InChI is InChI=1S/C18H20N4O5S3.C2H6.2CH2O/c1-11(17(23)21-7-8-29(19,24)25)18-22-15-6-5-13(10-16(15)28-18)12-3-2-4-14(9-12)30(20,26)27;3*1-2/h2-6,9-11H,7-8H2,1H3,(H,21,23)(H2,19,24,25)(H2,20,26,27);1-2H3;2*1H2. The number of hydrogen-bond donors (Lipinski definition) is 3. The first kappa shape index (κ1) is 33.0. The van der Waals surface area contributed by atoms with Gasteiger partial charge in [-0.25, -0.2) is 32.1 Å². The van der Waals surface area contributed by atoms with Crippen LogP contribution in [0.2, 0.25) is 0 Å². The summed E-state index contributed by atoms with van der Waals surface area (Å²) in [5.41, 5.74) is 2.17. The molecule has 1 unspecified atom stereocenters. The molecule has 5 N–H and O–H groups in total. The number of benzene rings is 2. The van der Waals surface area contributed by atoms with E-state index in [1.807, 2.05) is 39.6 Å². The maximum absolute atomic E-state index is 12.3. The Morgan fingerprint density at radius 2 is 1.58 bits per heavy atom. The number of aromatic nitrogens is 1. The lowest BCUT2D eigenvalue weighted by Gasteiger charge is -2.08. The number of carbonyl (C=O) groups excluding carboxylic acids is 3. The van der Waals surface area contributed by atoms with Crippen LogP contribution in [-0.2, 0) is 34.4 Å². The molecule has 2 aromatic carbocycles. The van der Waals surface area contributed by atoms with E-state index in [-0.39, 0.29) is 23.1 Å². The second-order valence-electron chi connectivity index (χ2n) is 6.69. The zero-order chi connectivity index (χ0) is 28.1. The van der Waals surface area contributed by atoms with Gasteiger partial charge in [0.2, 0.25) is 26.0 Å². The highest BCUT2D eigenvalue weighted by molar-refractivity contribution is 7.89. The molecule has 0 saturated carbocycles. The quantitative estimate of drug-likeness (QED) is 0.390. The minimum absolute atomic E-state index is 0.0230. The zero-order valence-electron chi connectivity index (χ0n) is 20.1. The van der Waals surface area contributed by atoms with Gasteiger partial charge in [0.1, 0.15) is 18.6 Å². The molecule has 11 nitrogen and oxygen atoms in total. The third-order valence-electron chi connectivity index (χ3n) is 4.35. The fraction of sp³-hybridized carbons (Fsp3) is 0.273. The van der Waals surface area contributed by atoms with Gasteiger partial charge in [-0.1, -0.05) is 32.0 Å². The lowest BCUT2D eigenvalue weighted by Crippen LogP contribution is -2.33. The highest BCUT2D eigenvalue weighted by Gasteiger charge is 2.20. The number of thiazole rings is 1. The summed E-state index contributed by atoms with van der Waals surface area (Å²) >= 11 is 1.33. The van der Waals surface area contributed by atoms with Gasteiger partial charge in [-0.15, -0.1) is 11.3 Å². The lowest BCUT2D eigenvalue weighted by atomic mass is 10.1. The zero-order valence-corrected chi connectivity index (χ0v) is 22.6. The van der Waals surface area contributed by atoms with Gasteiger partial charge < -0.3 is 14.9 Å². The maximum Gasteiger partial charge on any atom is 0.238 e. The molecule has 14 heteroatoms. The molecule has 0 aliphatic carbocycles. The van der Waals surface area contributed by atoms with Gasteiger partial charge in [0.15, 0.2) is 0 Å².